The normalized spacial score (nSPS) is 19.8. The molecule has 0 aliphatic carbocycles. The number of hydrogen-bond acceptors (Lipinski definition) is 4. The third kappa shape index (κ3) is 2.56. The van der Waals surface area contributed by atoms with E-state index >= 15 is 0 Å². The molecule has 0 saturated carbocycles. The Hall–Kier alpha value is -1.62. The van der Waals surface area contributed by atoms with Crippen molar-refractivity contribution in [2.24, 2.45) is 5.92 Å². The Morgan fingerprint density at radius 1 is 1.47 bits per heavy atom. The second-order valence-electron chi connectivity index (χ2n) is 5.51. The van der Waals surface area contributed by atoms with Gasteiger partial charge in [0.2, 0.25) is 0 Å². The van der Waals surface area contributed by atoms with Crippen molar-refractivity contribution in [2.75, 3.05) is 31.6 Å². The molecule has 0 bridgehead atoms. The minimum atomic E-state index is 0.720. The second-order valence-corrected chi connectivity index (χ2v) is 5.51. The Bertz CT molecular complexity index is 556. The van der Waals surface area contributed by atoms with Crippen LogP contribution in [0.4, 0.5) is 5.82 Å². The van der Waals surface area contributed by atoms with E-state index in [4.69, 9.17) is 0 Å². The summed E-state index contributed by atoms with van der Waals surface area (Å²) in [5.74, 6) is 1.84. The first-order chi connectivity index (χ1) is 9.24. The highest BCUT2D eigenvalue weighted by atomic mass is 15.4. The summed E-state index contributed by atoms with van der Waals surface area (Å²) in [7, 11) is 2.14. The Morgan fingerprint density at radius 3 is 3.16 bits per heavy atom. The summed E-state index contributed by atoms with van der Waals surface area (Å²) < 4.78 is 1.92. The minimum absolute atomic E-state index is 0.720. The van der Waals surface area contributed by atoms with Crippen molar-refractivity contribution in [3.8, 4) is 0 Å². The molecular formula is C14H21N5. The summed E-state index contributed by atoms with van der Waals surface area (Å²) in [5, 5.41) is 7.80. The van der Waals surface area contributed by atoms with Crippen molar-refractivity contribution >= 4 is 11.5 Å². The third-order valence-electron chi connectivity index (χ3n) is 3.83. The maximum Gasteiger partial charge on any atom is 0.157 e. The first-order valence-corrected chi connectivity index (χ1v) is 6.96. The Balaban J connectivity index is 1.83. The number of nitrogens with one attached hydrogen (secondary N) is 1. The molecule has 2 aromatic rings. The summed E-state index contributed by atoms with van der Waals surface area (Å²) in [6.07, 6.45) is 4.21. The number of pyridine rings is 1. The maximum atomic E-state index is 4.32. The molecule has 0 amide bonds. The zero-order chi connectivity index (χ0) is 13.2. The molecule has 1 N–H and O–H groups in total. The number of anilines is 1. The van der Waals surface area contributed by atoms with Crippen LogP contribution >= 0.6 is 0 Å². The molecular weight excluding hydrogens is 238 g/mol. The van der Waals surface area contributed by atoms with E-state index in [-0.39, 0.29) is 0 Å². The average Bonchev–Trinajstić information content (AvgIpc) is 2.86. The van der Waals surface area contributed by atoms with Crippen molar-refractivity contribution in [3.63, 3.8) is 0 Å². The third-order valence-corrected chi connectivity index (χ3v) is 3.83. The predicted octanol–water partition coefficient (Wildman–Crippen LogP) is 1.47. The summed E-state index contributed by atoms with van der Waals surface area (Å²) in [6.45, 7) is 5.45. The number of hydrogen-bond donors (Lipinski definition) is 1. The van der Waals surface area contributed by atoms with E-state index in [9.17, 15) is 0 Å². The van der Waals surface area contributed by atoms with Gasteiger partial charge < -0.3 is 10.2 Å². The van der Waals surface area contributed by atoms with Gasteiger partial charge in [0.05, 0.1) is 0 Å². The largest absolute Gasteiger partial charge is 0.359 e. The Kier molecular flexibility index (Phi) is 3.38. The number of fused-ring (bicyclic) bond motifs is 1. The van der Waals surface area contributed by atoms with Gasteiger partial charge in [-0.2, -0.15) is 9.61 Å². The fraction of sp³-hybridized carbons (Fsp3) is 0.571. The van der Waals surface area contributed by atoms with Crippen LogP contribution < -0.4 is 10.2 Å². The fourth-order valence-corrected chi connectivity index (χ4v) is 2.87. The standard InChI is InChI=1S/C14H21N5/c1-11-6-13-16-10-17-19(13)14(7-11)18(2)9-12-4-3-5-15-8-12/h6-7,10,12,15H,3-5,8-9H2,1-2H3. The molecule has 3 heterocycles. The first-order valence-electron chi connectivity index (χ1n) is 6.96. The lowest BCUT2D eigenvalue weighted by Gasteiger charge is -2.29. The van der Waals surface area contributed by atoms with Gasteiger partial charge in [-0.3, -0.25) is 0 Å². The number of aromatic nitrogens is 3. The van der Waals surface area contributed by atoms with Crippen LogP contribution in [0.5, 0.6) is 0 Å². The van der Waals surface area contributed by atoms with Crippen LogP contribution in [0, 0.1) is 12.8 Å². The Labute approximate surface area is 113 Å². The molecule has 2 aromatic heterocycles. The highest BCUT2D eigenvalue weighted by molar-refractivity contribution is 5.52. The molecule has 1 aliphatic rings. The average molecular weight is 259 g/mol. The monoisotopic (exact) mass is 259 g/mol. The number of rotatable bonds is 3. The fourth-order valence-electron chi connectivity index (χ4n) is 2.87. The van der Waals surface area contributed by atoms with Crippen LogP contribution in [0.1, 0.15) is 18.4 Å². The lowest BCUT2D eigenvalue weighted by atomic mass is 9.99. The molecule has 5 heteroatoms. The van der Waals surface area contributed by atoms with E-state index in [2.05, 4.69) is 46.4 Å². The van der Waals surface area contributed by atoms with Crippen molar-refractivity contribution in [1.29, 1.82) is 0 Å². The quantitative estimate of drug-likeness (QED) is 0.907. The van der Waals surface area contributed by atoms with Gasteiger partial charge in [0.15, 0.2) is 5.65 Å². The molecule has 1 fully saturated rings. The Morgan fingerprint density at radius 2 is 2.37 bits per heavy atom. The van der Waals surface area contributed by atoms with Gasteiger partial charge in [-0.25, -0.2) is 4.98 Å². The molecule has 1 atom stereocenters. The van der Waals surface area contributed by atoms with Crippen LogP contribution in [0.15, 0.2) is 18.5 Å². The van der Waals surface area contributed by atoms with E-state index in [1.54, 1.807) is 6.33 Å². The van der Waals surface area contributed by atoms with E-state index in [0.29, 0.717) is 0 Å². The van der Waals surface area contributed by atoms with E-state index in [1.165, 1.54) is 18.4 Å². The van der Waals surface area contributed by atoms with Crippen LogP contribution in [0.3, 0.4) is 0 Å². The van der Waals surface area contributed by atoms with Crippen molar-refractivity contribution in [2.45, 2.75) is 19.8 Å². The second kappa shape index (κ2) is 5.17. The maximum absolute atomic E-state index is 4.32. The highest BCUT2D eigenvalue weighted by Gasteiger charge is 2.17. The molecule has 5 nitrogen and oxygen atoms in total. The van der Waals surface area contributed by atoms with Gasteiger partial charge in [0, 0.05) is 13.6 Å². The van der Waals surface area contributed by atoms with Crippen molar-refractivity contribution < 1.29 is 0 Å². The number of piperidine rings is 1. The smallest absolute Gasteiger partial charge is 0.157 e. The lowest BCUT2D eigenvalue weighted by molar-refractivity contribution is 0.380. The van der Waals surface area contributed by atoms with Crippen LogP contribution in [0.2, 0.25) is 0 Å². The summed E-state index contributed by atoms with van der Waals surface area (Å²) >= 11 is 0. The lowest BCUT2D eigenvalue weighted by Crippen LogP contribution is -2.37. The summed E-state index contributed by atoms with van der Waals surface area (Å²) in [4.78, 5) is 6.58. The molecule has 102 valence electrons. The molecule has 0 radical (unpaired) electrons. The molecule has 0 aromatic carbocycles. The van der Waals surface area contributed by atoms with Gasteiger partial charge in [-0.1, -0.05) is 0 Å². The van der Waals surface area contributed by atoms with Gasteiger partial charge >= 0.3 is 0 Å². The molecule has 3 rings (SSSR count). The topological polar surface area (TPSA) is 45.5 Å². The van der Waals surface area contributed by atoms with E-state index < -0.39 is 0 Å². The van der Waals surface area contributed by atoms with Gasteiger partial charge in [-0.15, -0.1) is 0 Å². The molecule has 1 aliphatic heterocycles. The minimum Gasteiger partial charge on any atom is -0.359 e. The molecule has 1 unspecified atom stereocenters. The summed E-state index contributed by atoms with van der Waals surface area (Å²) in [6, 6.07) is 4.24. The van der Waals surface area contributed by atoms with E-state index in [0.717, 1.165) is 37.0 Å². The molecule has 1 saturated heterocycles. The van der Waals surface area contributed by atoms with Gasteiger partial charge in [0.1, 0.15) is 12.1 Å². The number of aryl methyl sites for hydroxylation is 1. The van der Waals surface area contributed by atoms with Crippen LogP contribution in [-0.4, -0.2) is 41.3 Å². The molecule has 0 spiro atoms. The summed E-state index contributed by atoms with van der Waals surface area (Å²) in [5.41, 5.74) is 2.15. The van der Waals surface area contributed by atoms with Crippen LogP contribution in [-0.2, 0) is 0 Å². The highest BCUT2D eigenvalue weighted by Crippen LogP contribution is 2.19. The van der Waals surface area contributed by atoms with Crippen molar-refractivity contribution in [3.05, 3.63) is 24.0 Å². The van der Waals surface area contributed by atoms with Gasteiger partial charge in [0.25, 0.3) is 0 Å². The molecule has 19 heavy (non-hydrogen) atoms. The van der Waals surface area contributed by atoms with E-state index in [1.807, 2.05) is 4.52 Å². The predicted molar refractivity (Wildman–Crippen MR) is 76.6 cm³/mol. The number of nitrogens with zero attached hydrogens (tertiary/aromatic N) is 4. The van der Waals surface area contributed by atoms with Crippen LogP contribution in [0.25, 0.3) is 5.65 Å². The zero-order valence-corrected chi connectivity index (χ0v) is 11.6. The SMILES string of the molecule is Cc1cc(N(C)CC2CCCNC2)n2ncnc2c1. The first kappa shape index (κ1) is 12.4. The zero-order valence-electron chi connectivity index (χ0n) is 11.6. The van der Waals surface area contributed by atoms with Gasteiger partial charge in [-0.05, 0) is 56.5 Å². The van der Waals surface area contributed by atoms with Crippen molar-refractivity contribution in [1.82, 2.24) is 19.9 Å².